The topological polar surface area (TPSA) is 382 Å². The summed E-state index contributed by atoms with van der Waals surface area (Å²) in [6, 6.07) is 23.1. The number of nitrogens with one attached hydrogen (secondary N) is 3. The first-order chi connectivity index (χ1) is 32.9. The number of fused-ring (bicyclic) bond motifs is 2. The minimum atomic E-state index is -5.28. The number of hydrogen-bond donors (Lipinski definition) is 8. The molecule has 0 aliphatic carbocycles. The van der Waals surface area contributed by atoms with Gasteiger partial charge in [0.2, 0.25) is 5.91 Å². The maximum atomic E-state index is 12.7. The van der Waals surface area contributed by atoms with Crippen molar-refractivity contribution < 1.29 is 76.4 Å². The van der Waals surface area contributed by atoms with Crippen LogP contribution in [0.1, 0.15) is 17.3 Å². The predicted octanol–water partition coefficient (Wildman–Crippen LogP) is 8.11. The molecule has 0 saturated carbocycles. The van der Waals surface area contributed by atoms with Crippen LogP contribution >= 0.6 is 0 Å². The Kier molecular flexibility index (Phi) is 14.0. The molecule has 70 heavy (non-hydrogen) atoms. The molecule has 0 heterocycles. The normalized spacial score (nSPS) is 12.6. The Morgan fingerprint density at radius 1 is 0.600 bits per heavy atom. The van der Waals surface area contributed by atoms with Crippen LogP contribution in [-0.4, -0.2) is 76.8 Å². The van der Waals surface area contributed by atoms with Crippen molar-refractivity contribution in [1.29, 1.82) is 0 Å². The number of ether oxygens (including phenoxy) is 1. The van der Waals surface area contributed by atoms with E-state index in [1.165, 1.54) is 67.6 Å². The molecule has 0 bridgehead atoms. The number of anilines is 4. The molecular formula is C42H32N7O17S4-. The van der Waals surface area contributed by atoms with E-state index in [0.717, 1.165) is 31.4 Å². The molecule has 0 fully saturated rings. The monoisotopic (exact) mass is 1030 g/mol. The average Bonchev–Trinajstić information content (AvgIpc) is 3.28. The minimum Gasteiger partial charge on any atom is -0.740 e. The summed E-state index contributed by atoms with van der Waals surface area (Å²) in [6.07, 6.45) is 0. The molecule has 7 aromatic carbocycles. The summed E-state index contributed by atoms with van der Waals surface area (Å²) in [7, 11) is -14.2. The van der Waals surface area contributed by atoms with Crippen LogP contribution in [0, 0.1) is 0 Å². The average molecular weight is 1040 g/mol. The fraction of sp³-hybridized carbons (Fsp3) is 0.0476. The molecule has 0 saturated heterocycles. The highest BCUT2D eigenvalue weighted by Crippen LogP contribution is 2.47. The summed E-state index contributed by atoms with van der Waals surface area (Å²) in [6.45, 7) is 1.22. The van der Waals surface area contributed by atoms with E-state index in [2.05, 4.69) is 36.4 Å². The van der Waals surface area contributed by atoms with E-state index in [1.54, 1.807) is 18.2 Å². The second-order valence-corrected chi connectivity index (χ2v) is 19.2. The van der Waals surface area contributed by atoms with E-state index in [-0.39, 0.29) is 55.6 Å². The van der Waals surface area contributed by atoms with Gasteiger partial charge in [-0.05, 0) is 89.6 Å². The molecule has 1 unspecified atom stereocenters. The van der Waals surface area contributed by atoms with Crippen molar-refractivity contribution in [1.82, 2.24) is 0 Å². The lowest BCUT2D eigenvalue weighted by atomic mass is 10.1. The Morgan fingerprint density at radius 2 is 1.21 bits per heavy atom. The molecule has 2 amide bonds. The van der Waals surface area contributed by atoms with Crippen molar-refractivity contribution in [2.45, 2.75) is 21.6 Å². The zero-order valence-electron chi connectivity index (χ0n) is 35.4. The Morgan fingerprint density at radius 3 is 1.86 bits per heavy atom. The number of amides is 2. The van der Waals surface area contributed by atoms with Gasteiger partial charge < -0.3 is 39.6 Å². The lowest BCUT2D eigenvalue weighted by Crippen LogP contribution is -2.14. The Balaban J connectivity index is 1.25. The molecule has 7 aromatic rings. The van der Waals surface area contributed by atoms with Crippen LogP contribution in [0.2, 0.25) is 0 Å². The van der Waals surface area contributed by atoms with Gasteiger partial charge in [-0.25, -0.2) is 4.21 Å². The number of benzene rings is 7. The third-order valence-corrected chi connectivity index (χ3v) is 12.7. The first-order valence-corrected chi connectivity index (χ1v) is 24.6. The van der Waals surface area contributed by atoms with Gasteiger partial charge in [-0.1, -0.05) is 24.3 Å². The molecule has 0 spiro atoms. The fourth-order valence-electron chi connectivity index (χ4n) is 6.72. The second-order valence-electron chi connectivity index (χ2n) is 14.5. The third kappa shape index (κ3) is 11.1. The number of hydrogen-bond acceptors (Lipinski definition) is 19. The van der Waals surface area contributed by atoms with Crippen molar-refractivity contribution in [2.24, 2.45) is 20.5 Å². The summed E-state index contributed by atoms with van der Waals surface area (Å²) >= 11 is -3.31. The number of nitrogens with zero attached hydrogens (tertiary/aromatic N) is 4. The van der Waals surface area contributed by atoms with Crippen molar-refractivity contribution >= 4 is 121 Å². The number of phenols is 2. The number of rotatable bonds is 15. The smallest absolute Gasteiger partial charge is 0.296 e. The van der Waals surface area contributed by atoms with E-state index < -0.39 is 108 Å². The lowest BCUT2D eigenvalue weighted by molar-refractivity contribution is -0.114. The van der Waals surface area contributed by atoms with Crippen molar-refractivity contribution in [2.75, 3.05) is 23.1 Å². The van der Waals surface area contributed by atoms with Crippen molar-refractivity contribution in [3.05, 3.63) is 115 Å². The largest absolute Gasteiger partial charge is 0.740 e. The molecule has 24 nitrogen and oxygen atoms in total. The summed E-state index contributed by atoms with van der Waals surface area (Å²) in [5.41, 5.74) is -2.31. The molecule has 0 radical (unpaired) electrons. The predicted molar refractivity (Wildman–Crippen MR) is 250 cm³/mol. The van der Waals surface area contributed by atoms with Gasteiger partial charge in [-0.3, -0.25) is 23.2 Å². The molecule has 7 rings (SSSR count). The molecule has 362 valence electrons. The number of methoxy groups -OCH3 is 1. The Labute approximate surface area is 398 Å². The van der Waals surface area contributed by atoms with Gasteiger partial charge in [0.1, 0.15) is 48.9 Å². The van der Waals surface area contributed by atoms with Crippen LogP contribution in [0.15, 0.2) is 144 Å². The number of carbonyl (C=O) groups excluding carboxylic acids is 2. The first-order valence-electron chi connectivity index (χ1n) is 19.3. The van der Waals surface area contributed by atoms with E-state index >= 15 is 0 Å². The summed E-state index contributed by atoms with van der Waals surface area (Å²) in [5, 5.41) is 45.7. The Bertz CT molecular complexity index is 3740. The number of azo groups is 2. The van der Waals surface area contributed by atoms with Gasteiger partial charge in [-0.15, -0.1) is 20.5 Å². The molecule has 1 atom stereocenters. The van der Waals surface area contributed by atoms with Crippen LogP contribution in [-0.2, 0) is 46.5 Å². The van der Waals surface area contributed by atoms with Gasteiger partial charge in [0.25, 0.3) is 36.3 Å². The van der Waals surface area contributed by atoms with Crippen LogP contribution in [0.25, 0.3) is 21.5 Å². The van der Waals surface area contributed by atoms with Crippen LogP contribution in [0.5, 0.6) is 23.0 Å². The summed E-state index contributed by atoms with van der Waals surface area (Å²) in [4.78, 5) is 21.7. The van der Waals surface area contributed by atoms with Crippen LogP contribution < -0.4 is 24.9 Å². The minimum absolute atomic E-state index is 0.0167. The van der Waals surface area contributed by atoms with Crippen molar-refractivity contribution in [3.8, 4) is 23.0 Å². The lowest BCUT2D eigenvalue weighted by Gasteiger charge is -2.15. The number of carbonyl (C=O) groups is 2. The summed E-state index contributed by atoms with van der Waals surface area (Å²) in [5.74, 6) is -3.77. The molecular weight excluding hydrogens is 1000 g/mol. The molecule has 8 N–H and O–H groups in total. The van der Waals surface area contributed by atoms with E-state index in [0.29, 0.717) is 6.07 Å². The third-order valence-electron chi connectivity index (χ3n) is 9.75. The van der Waals surface area contributed by atoms with Gasteiger partial charge in [0.05, 0.1) is 12.8 Å². The van der Waals surface area contributed by atoms with Crippen molar-refractivity contribution in [3.63, 3.8) is 0 Å². The quantitative estimate of drug-likeness (QED) is 0.0273. The maximum absolute atomic E-state index is 12.7. The first kappa shape index (κ1) is 49.9. The molecule has 0 aliphatic rings. The summed E-state index contributed by atoms with van der Waals surface area (Å²) < 4.78 is 139. The second kappa shape index (κ2) is 19.6. The van der Waals surface area contributed by atoms with Crippen LogP contribution in [0.3, 0.4) is 0 Å². The van der Waals surface area contributed by atoms with E-state index in [9.17, 15) is 67.5 Å². The molecule has 28 heteroatoms. The van der Waals surface area contributed by atoms with Gasteiger partial charge in [0, 0.05) is 46.4 Å². The van der Waals surface area contributed by atoms with E-state index in [4.69, 9.17) is 8.92 Å². The zero-order valence-corrected chi connectivity index (χ0v) is 38.7. The highest BCUT2D eigenvalue weighted by Gasteiger charge is 2.25. The van der Waals surface area contributed by atoms with Gasteiger partial charge in [0.15, 0.2) is 22.9 Å². The number of aromatic hydroxyl groups is 2. The molecule has 0 aliphatic heterocycles. The van der Waals surface area contributed by atoms with Crippen LogP contribution in [0.4, 0.5) is 45.5 Å². The van der Waals surface area contributed by atoms with Gasteiger partial charge in [-0.2, -0.15) is 25.3 Å². The number of phenolic OH excluding ortho intramolecular Hbond substituents is 2. The standard InChI is InChI=1S/C42H33N7O17S4/c1-21(50)43-26-9-8-23-16-37(70(62,63)64)39(41(52)29(23)17-26)49-46-31-20-36(69(59,60)61)32(19-33(31)65-2)47-48-38-34(66-67(54)55)15-24-14-25(10-12-28(24)40(38)51)44-27-11-13-30(35(18-27)68(56,57)58)45-42(53)22-6-4-3-5-7-22/h3-20,44,51-52H,1-2H3,(H,43,50)(H,45,53)(H,54,55)(H,56,57,58)(H,59,60,61)(H,62,63,64)/p-1. The highest BCUT2D eigenvalue weighted by atomic mass is 32.2. The SMILES string of the molecule is COc1cc(N=Nc2c(OS(=O)[O-])cc3cc(Nc4ccc(NC(=O)c5ccccc5)c(S(=O)(=O)O)c4)ccc3c2O)c(S(=O)(=O)O)cc1N=Nc1c(S(=O)(=O)O)cc2ccc(NC(C)=O)cc2c1O. The maximum Gasteiger partial charge on any atom is 0.296 e. The van der Waals surface area contributed by atoms with E-state index in [1.807, 2.05) is 0 Å². The molecule has 0 aromatic heterocycles. The fourth-order valence-corrected chi connectivity index (χ4v) is 8.95. The highest BCUT2D eigenvalue weighted by molar-refractivity contribution is 7.86. The Hall–Kier alpha value is -7.96. The zero-order chi connectivity index (χ0) is 50.9. The van der Waals surface area contributed by atoms with Gasteiger partial charge >= 0.3 is 0 Å².